The molecule has 0 bridgehead atoms. The Labute approximate surface area is 155 Å². The minimum Gasteiger partial charge on any atom is -0.504 e. The summed E-state index contributed by atoms with van der Waals surface area (Å²) in [4.78, 5) is 16.6. The molecule has 1 aliphatic carbocycles. The zero-order valence-corrected chi connectivity index (χ0v) is 15.4. The molecule has 0 amide bonds. The maximum atomic E-state index is 11.8. The number of aromatic nitrogens is 1. The third kappa shape index (κ3) is 3.09. The van der Waals surface area contributed by atoms with Gasteiger partial charge in [-0.05, 0) is 59.4 Å². The molecule has 0 saturated carbocycles. The van der Waals surface area contributed by atoms with Crippen LogP contribution in [0.5, 0.6) is 17.2 Å². The van der Waals surface area contributed by atoms with Crippen LogP contribution < -0.4 is 5.43 Å². The molecular weight excluding hydrogens is 441 g/mol. The van der Waals surface area contributed by atoms with Gasteiger partial charge < -0.3 is 15.3 Å². The van der Waals surface area contributed by atoms with Gasteiger partial charge in [0.1, 0.15) is 5.01 Å². The largest absolute Gasteiger partial charge is 0.504 e. The van der Waals surface area contributed by atoms with Crippen molar-refractivity contribution < 1.29 is 15.3 Å². The minimum atomic E-state index is -0.377. The van der Waals surface area contributed by atoms with Crippen molar-refractivity contribution in [3.05, 3.63) is 54.3 Å². The molecule has 7 heteroatoms. The Kier molecular flexibility index (Phi) is 4.46. The molecule has 1 aliphatic heterocycles. The Morgan fingerprint density at radius 1 is 1.12 bits per heavy atom. The number of hydrogen-bond donors (Lipinski definition) is 3. The third-order valence-electron chi connectivity index (χ3n) is 3.44. The molecule has 2 aliphatic rings. The quantitative estimate of drug-likeness (QED) is 0.406. The molecule has 0 radical (unpaired) electrons. The fraction of sp³-hybridized carbons (Fsp3) is 0.0588. The highest BCUT2D eigenvalue weighted by Crippen LogP contribution is 2.35. The summed E-state index contributed by atoms with van der Waals surface area (Å²) in [7, 11) is 0. The predicted molar refractivity (Wildman–Crippen MR) is 103 cm³/mol. The minimum absolute atomic E-state index is 0.150. The van der Waals surface area contributed by atoms with Crippen LogP contribution in [0.3, 0.4) is 0 Å². The van der Waals surface area contributed by atoms with Crippen molar-refractivity contribution in [3.63, 3.8) is 0 Å². The van der Waals surface area contributed by atoms with E-state index in [0.717, 1.165) is 0 Å². The zero-order valence-electron chi connectivity index (χ0n) is 12.4. The van der Waals surface area contributed by atoms with Crippen molar-refractivity contribution in [1.29, 1.82) is 0 Å². The fourth-order valence-electron chi connectivity index (χ4n) is 2.20. The summed E-state index contributed by atoms with van der Waals surface area (Å²) in [5.41, 5.74) is 1.51. The van der Waals surface area contributed by atoms with E-state index in [-0.39, 0.29) is 22.7 Å². The zero-order chi connectivity index (χ0) is 17.4. The molecule has 0 fully saturated rings. The second-order valence-electron chi connectivity index (χ2n) is 5.19. The normalized spacial score (nSPS) is 11.4. The smallest absolute Gasteiger partial charge is 0.224 e. The number of aromatic hydroxyl groups is 3. The van der Waals surface area contributed by atoms with Crippen LogP contribution in [0.1, 0.15) is 16.1 Å². The van der Waals surface area contributed by atoms with Gasteiger partial charge in [0, 0.05) is 17.3 Å². The van der Waals surface area contributed by atoms with Crippen molar-refractivity contribution in [2.45, 2.75) is 6.92 Å². The molecule has 0 atom stereocenters. The molecule has 24 heavy (non-hydrogen) atoms. The van der Waals surface area contributed by atoms with Gasteiger partial charge in [-0.2, -0.15) is 0 Å². The van der Waals surface area contributed by atoms with Gasteiger partial charge in [-0.3, -0.25) is 4.79 Å². The molecule has 1 heterocycles. The van der Waals surface area contributed by atoms with Crippen LogP contribution >= 0.6 is 33.9 Å². The Balaban J connectivity index is 2.02. The van der Waals surface area contributed by atoms with Gasteiger partial charge in [0.25, 0.3) is 0 Å². The monoisotopic (exact) mass is 453 g/mol. The number of rotatable bonds is 2. The van der Waals surface area contributed by atoms with E-state index < -0.39 is 0 Å². The topological polar surface area (TPSA) is 90.7 Å². The van der Waals surface area contributed by atoms with E-state index in [1.54, 1.807) is 37.4 Å². The van der Waals surface area contributed by atoms with E-state index in [9.17, 15) is 20.1 Å². The van der Waals surface area contributed by atoms with Crippen LogP contribution in [0.4, 0.5) is 0 Å². The lowest BCUT2D eigenvalue weighted by atomic mass is 10.1. The van der Waals surface area contributed by atoms with Crippen LogP contribution in [0.2, 0.25) is 0 Å². The van der Waals surface area contributed by atoms with Crippen LogP contribution in [-0.4, -0.2) is 20.3 Å². The van der Waals surface area contributed by atoms with Crippen molar-refractivity contribution in [2.75, 3.05) is 0 Å². The average molecular weight is 453 g/mol. The molecule has 1 aromatic carbocycles. The molecule has 0 aromatic heterocycles. The maximum Gasteiger partial charge on any atom is 0.224 e. The van der Waals surface area contributed by atoms with Gasteiger partial charge in [-0.25, -0.2) is 4.98 Å². The predicted octanol–water partition coefficient (Wildman–Crippen LogP) is 3.81. The SMILES string of the molecule is Cc1cc2cnc(/C=C/c3cc(O)c(O)c(I)c3)sc-2c(O)c1=O. The van der Waals surface area contributed by atoms with Crippen molar-refractivity contribution in [3.8, 4) is 27.7 Å². The van der Waals surface area contributed by atoms with E-state index >= 15 is 0 Å². The molecule has 5 nitrogen and oxygen atoms in total. The molecular formula is C17H12INO4S. The third-order valence-corrected chi connectivity index (χ3v) is 5.35. The molecule has 122 valence electrons. The highest BCUT2D eigenvalue weighted by atomic mass is 127. The molecule has 3 rings (SSSR count). The number of fused-ring (bicyclic) bond motifs is 1. The lowest BCUT2D eigenvalue weighted by molar-refractivity contribution is 0.401. The van der Waals surface area contributed by atoms with E-state index in [1.165, 1.54) is 17.4 Å². The Hall–Kier alpha value is -2.13. The van der Waals surface area contributed by atoms with Gasteiger partial charge >= 0.3 is 0 Å². The van der Waals surface area contributed by atoms with Crippen LogP contribution in [-0.2, 0) is 0 Å². The van der Waals surface area contributed by atoms with Gasteiger partial charge in [0.05, 0.1) is 8.45 Å². The first kappa shape index (κ1) is 16.7. The molecule has 3 N–H and O–H groups in total. The Bertz CT molecular complexity index is 973. The van der Waals surface area contributed by atoms with Crippen molar-refractivity contribution in [2.24, 2.45) is 0 Å². The van der Waals surface area contributed by atoms with E-state index in [4.69, 9.17) is 0 Å². The standard InChI is InChI=1S/C17H12INO4S/c1-8-4-10-7-19-13(24-17(10)16(23)14(8)21)3-2-9-5-11(18)15(22)12(20)6-9/h2-7,20,22-23H,1H3/b3-2+. The molecule has 0 spiro atoms. The second kappa shape index (κ2) is 6.40. The first-order valence-corrected chi connectivity index (χ1v) is 8.78. The number of phenols is 3. The summed E-state index contributed by atoms with van der Waals surface area (Å²) in [5.74, 6) is -0.604. The Morgan fingerprint density at radius 3 is 2.58 bits per heavy atom. The molecule has 0 saturated heterocycles. The lowest BCUT2D eigenvalue weighted by Crippen LogP contribution is -2.05. The number of phenolic OH excluding ortho intramolecular Hbond substituents is 3. The summed E-state index contributed by atoms with van der Waals surface area (Å²) in [5, 5.41) is 29.8. The maximum absolute atomic E-state index is 11.8. The van der Waals surface area contributed by atoms with Gasteiger partial charge in [0.15, 0.2) is 17.2 Å². The number of benzene rings is 2. The van der Waals surface area contributed by atoms with Crippen LogP contribution in [0.25, 0.3) is 22.6 Å². The number of halogens is 1. The summed E-state index contributed by atoms with van der Waals surface area (Å²) < 4.78 is 0.534. The average Bonchev–Trinajstić information content (AvgIpc) is 2.56. The number of nitrogens with zero attached hydrogens (tertiary/aromatic N) is 1. The van der Waals surface area contributed by atoms with E-state index in [2.05, 4.69) is 4.98 Å². The Morgan fingerprint density at radius 2 is 1.88 bits per heavy atom. The number of hydrogen-bond acceptors (Lipinski definition) is 6. The molecule has 0 unspecified atom stereocenters. The van der Waals surface area contributed by atoms with E-state index in [0.29, 0.717) is 30.1 Å². The summed E-state index contributed by atoms with van der Waals surface area (Å²) >= 11 is 3.13. The second-order valence-corrected chi connectivity index (χ2v) is 7.38. The fourth-order valence-corrected chi connectivity index (χ4v) is 3.71. The van der Waals surface area contributed by atoms with Gasteiger partial charge in [0.2, 0.25) is 5.43 Å². The highest BCUT2D eigenvalue weighted by molar-refractivity contribution is 14.1. The summed E-state index contributed by atoms with van der Waals surface area (Å²) in [6, 6.07) is 4.86. The first-order valence-electron chi connectivity index (χ1n) is 6.89. The first-order chi connectivity index (χ1) is 11.4. The van der Waals surface area contributed by atoms with Crippen LogP contribution in [0, 0.1) is 10.5 Å². The van der Waals surface area contributed by atoms with E-state index in [1.807, 2.05) is 22.6 Å². The van der Waals surface area contributed by atoms with Crippen LogP contribution in [0.15, 0.2) is 29.2 Å². The van der Waals surface area contributed by atoms with Gasteiger partial charge in [-0.15, -0.1) is 11.3 Å². The van der Waals surface area contributed by atoms with Crippen molar-refractivity contribution in [1.82, 2.24) is 4.98 Å². The molecule has 1 aromatic rings. The van der Waals surface area contributed by atoms with Gasteiger partial charge in [-0.1, -0.05) is 6.08 Å². The van der Waals surface area contributed by atoms with Crippen molar-refractivity contribution >= 4 is 46.1 Å². The number of aryl methyl sites for hydroxylation is 1. The summed E-state index contributed by atoms with van der Waals surface area (Å²) in [6.45, 7) is 1.65. The summed E-state index contributed by atoms with van der Waals surface area (Å²) in [6.07, 6.45) is 5.06. The highest BCUT2D eigenvalue weighted by Gasteiger charge is 2.14. The lowest BCUT2D eigenvalue weighted by Gasteiger charge is -2.07.